The Morgan fingerprint density at radius 2 is 1.38 bits per heavy atom. The zero-order chi connectivity index (χ0) is 4.24. The van der Waals surface area contributed by atoms with E-state index in [1.165, 1.54) is 0 Å². The molecule has 1 radical (unpaired) electrons. The predicted octanol–water partition coefficient (Wildman–Crippen LogP) is -0.0569. The molecule has 0 aliphatic heterocycles. The van der Waals surface area contributed by atoms with Crippen molar-refractivity contribution in [2.24, 2.45) is 0 Å². The zero-order valence-corrected chi connectivity index (χ0v) is 6.83. The minimum atomic E-state index is 0. The third-order valence-electron chi connectivity index (χ3n) is 0.607. The molecule has 8 heavy (non-hydrogen) atoms. The molecule has 0 aliphatic rings. The molecule has 0 aromatic carbocycles. The second-order valence-corrected chi connectivity index (χ2v) is 1.08. The SMILES string of the molecule is [Na].[OH-].c1cc[nH+]cc1. The van der Waals surface area contributed by atoms with Crippen LogP contribution in [0.3, 0.4) is 0 Å². The van der Waals surface area contributed by atoms with Crippen molar-refractivity contribution in [3.63, 3.8) is 0 Å². The first kappa shape index (κ1) is 11.0. The number of rotatable bonds is 0. The van der Waals surface area contributed by atoms with Gasteiger partial charge >= 0.3 is 0 Å². The molecule has 3 heteroatoms. The minimum absolute atomic E-state index is 0. The van der Waals surface area contributed by atoms with Gasteiger partial charge in [-0.05, 0) is 0 Å². The van der Waals surface area contributed by atoms with Crippen molar-refractivity contribution in [1.82, 2.24) is 0 Å². The molecular formula is C5H7NNaO. The Morgan fingerprint density at radius 1 is 0.875 bits per heavy atom. The summed E-state index contributed by atoms with van der Waals surface area (Å²) >= 11 is 0. The molecular weight excluding hydrogens is 113 g/mol. The molecule has 1 rings (SSSR count). The Balaban J connectivity index is 0. The summed E-state index contributed by atoms with van der Waals surface area (Å²) in [6.07, 6.45) is 3.75. The van der Waals surface area contributed by atoms with Gasteiger partial charge in [-0.1, -0.05) is 6.07 Å². The smallest absolute Gasteiger partial charge is 0.166 e. The van der Waals surface area contributed by atoms with Crippen LogP contribution in [0.25, 0.3) is 0 Å². The Kier molecular flexibility index (Phi) is 9.76. The summed E-state index contributed by atoms with van der Waals surface area (Å²) < 4.78 is 0. The summed E-state index contributed by atoms with van der Waals surface area (Å²) in [4.78, 5) is 2.89. The first-order chi connectivity index (χ1) is 3.00. The molecule has 1 aromatic heterocycles. The second kappa shape index (κ2) is 7.11. The fourth-order valence-corrected chi connectivity index (χ4v) is 0.342. The summed E-state index contributed by atoms with van der Waals surface area (Å²) in [5, 5.41) is 0. The molecule has 39 valence electrons. The van der Waals surface area contributed by atoms with Gasteiger partial charge in [0.15, 0.2) is 12.4 Å². The van der Waals surface area contributed by atoms with Gasteiger partial charge in [-0.15, -0.1) is 0 Å². The van der Waals surface area contributed by atoms with Gasteiger partial charge in [0.25, 0.3) is 0 Å². The number of H-pyrrole nitrogens is 1. The van der Waals surface area contributed by atoms with Gasteiger partial charge in [-0.25, -0.2) is 4.98 Å². The number of hydrogen-bond acceptors (Lipinski definition) is 1. The maximum absolute atomic E-state index is 2.89. The summed E-state index contributed by atoms with van der Waals surface area (Å²) in [5.41, 5.74) is 0. The van der Waals surface area contributed by atoms with E-state index in [1.54, 1.807) is 0 Å². The monoisotopic (exact) mass is 120 g/mol. The van der Waals surface area contributed by atoms with E-state index >= 15 is 0 Å². The van der Waals surface area contributed by atoms with Gasteiger partial charge < -0.3 is 5.48 Å². The molecule has 0 fully saturated rings. The fraction of sp³-hybridized carbons (Fsp3) is 0. The average molecular weight is 120 g/mol. The van der Waals surface area contributed by atoms with E-state index in [1.807, 2.05) is 30.6 Å². The Labute approximate surface area is 70.5 Å². The maximum Gasteiger partial charge on any atom is 0.166 e. The molecule has 2 N–H and O–H groups in total. The minimum Gasteiger partial charge on any atom is -0.870 e. The Bertz CT molecular complexity index is 84.4. The molecule has 0 unspecified atom stereocenters. The first-order valence-electron chi connectivity index (χ1n) is 1.91. The van der Waals surface area contributed by atoms with Crippen LogP contribution in [0.1, 0.15) is 0 Å². The van der Waals surface area contributed by atoms with E-state index in [0.29, 0.717) is 0 Å². The van der Waals surface area contributed by atoms with E-state index in [-0.39, 0.29) is 35.0 Å². The second-order valence-electron chi connectivity index (χ2n) is 1.08. The molecule has 0 aliphatic carbocycles. The number of aromatic nitrogens is 1. The van der Waals surface area contributed by atoms with Gasteiger partial charge in [0, 0.05) is 41.7 Å². The normalized spacial score (nSPS) is 6.00. The number of aromatic amines is 1. The van der Waals surface area contributed by atoms with Crippen molar-refractivity contribution >= 4 is 29.6 Å². The van der Waals surface area contributed by atoms with Crippen molar-refractivity contribution < 1.29 is 10.5 Å². The topological polar surface area (TPSA) is 44.1 Å². The van der Waals surface area contributed by atoms with Crippen molar-refractivity contribution in [2.75, 3.05) is 0 Å². The predicted molar refractivity (Wildman–Crippen MR) is 30.7 cm³/mol. The fourth-order valence-electron chi connectivity index (χ4n) is 0.342. The standard InChI is InChI=1S/C5H5N.Na.H2O/c1-2-4-6-5-3-1;;/h1-5H;;1H2. The molecule has 0 saturated heterocycles. The van der Waals surface area contributed by atoms with Crippen molar-refractivity contribution in [3.8, 4) is 0 Å². The van der Waals surface area contributed by atoms with E-state index < -0.39 is 0 Å². The van der Waals surface area contributed by atoms with Gasteiger partial charge in [-0.2, -0.15) is 0 Å². The number of pyridine rings is 1. The third-order valence-corrected chi connectivity index (χ3v) is 0.607. The van der Waals surface area contributed by atoms with Crippen LogP contribution in [0.4, 0.5) is 0 Å². The van der Waals surface area contributed by atoms with Crippen molar-refractivity contribution in [2.45, 2.75) is 0 Å². The number of nitrogens with one attached hydrogen (secondary N) is 1. The molecule has 0 spiro atoms. The molecule has 0 amide bonds. The van der Waals surface area contributed by atoms with Crippen LogP contribution in [-0.2, 0) is 0 Å². The van der Waals surface area contributed by atoms with Crippen LogP contribution in [0.5, 0.6) is 0 Å². The van der Waals surface area contributed by atoms with E-state index in [9.17, 15) is 0 Å². The molecule has 1 aromatic rings. The summed E-state index contributed by atoms with van der Waals surface area (Å²) in [7, 11) is 0. The summed E-state index contributed by atoms with van der Waals surface area (Å²) in [6, 6.07) is 5.86. The summed E-state index contributed by atoms with van der Waals surface area (Å²) in [5.74, 6) is 0. The molecule has 0 atom stereocenters. The largest absolute Gasteiger partial charge is 0.870 e. The van der Waals surface area contributed by atoms with Gasteiger partial charge in [0.05, 0.1) is 0 Å². The molecule has 1 heterocycles. The number of hydrogen-bond donors (Lipinski definition) is 0. The quantitative estimate of drug-likeness (QED) is 0.442. The zero-order valence-electron chi connectivity index (χ0n) is 4.83. The van der Waals surface area contributed by atoms with Crippen LogP contribution in [0, 0.1) is 0 Å². The van der Waals surface area contributed by atoms with Crippen LogP contribution < -0.4 is 4.98 Å². The van der Waals surface area contributed by atoms with Crippen LogP contribution in [-0.4, -0.2) is 35.0 Å². The van der Waals surface area contributed by atoms with E-state index in [4.69, 9.17) is 0 Å². The molecule has 0 bridgehead atoms. The molecule has 0 saturated carbocycles. The van der Waals surface area contributed by atoms with Crippen molar-refractivity contribution in [1.29, 1.82) is 0 Å². The summed E-state index contributed by atoms with van der Waals surface area (Å²) in [6.45, 7) is 0. The average Bonchev–Trinajstić information content (AvgIpc) is 1.72. The van der Waals surface area contributed by atoms with Crippen LogP contribution in [0.2, 0.25) is 0 Å². The Morgan fingerprint density at radius 3 is 1.50 bits per heavy atom. The maximum atomic E-state index is 2.89. The van der Waals surface area contributed by atoms with Crippen molar-refractivity contribution in [3.05, 3.63) is 30.6 Å². The Hall–Kier alpha value is 0.110. The van der Waals surface area contributed by atoms with Gasteiger partial charge in [0.1, 0.15) is 0 Å². The molecule has 2 nitrogen and oxygen atoms in total. The van der Waals surface area contributed by atoms with Crippen LogP contribution in [0.15, 0.2) is 30.6 Å². The van der Waals surface area contributed by atoms with E-state index in [2.05, 4.69) is 4.98 Å². The van der Waals surface area contributed by atoms with Gasteiger partial charge in [-0.3, -0.25) is 0 Å². The van der Waals surface area contributed by atoms with E-state index in [0.717, 1.165) is 0 Å². The third kappa shape index (κ3) is 4.27. The van der Waals surface area contributed by atoms with Crippen LogP contribution >= 0.6 is 0 Å². The van der Waals surface area contributed by atoms with Gasteiger partial charge in [0.2, 0.25) is 0 Å². The first-order valence-corrected chi connectivity index (χ1v) is 1.91.